The van der Waals surface area contributed by atoms with E-state index >= 15 is 0 Å². The lowest BCUT2D eigenvalue weighted by Crippen LogP contribution is -2.60. The number of hydrogen-bond acceptors (Lipinski definition) is 11. The van der Waals surface area contributed by atoms with Crippen LogP contribution in [0, 0.1) is 29.0 Å². The molecule has 18 heteroatoms. The van der Waals surface area contributed by atoms with E-state index in [2.05, 4.69) is 20.3 Å². The molecule has 58 heavy (non-hydrogen) atoms. The maximum absolute atomic E-state index is 14.7. The van der Waals surface area contributed by atoms with Crippen molar-refractivity contribution in [2.75, 3.05) is 33.4 Å². The van der Waals surface area contributed by atoms with Crippen LogP contribution < -0.4 is 20.1 Å². The number of sulfonamides is 1. The van der Waals surface area contributed by atoms with Crippen LogP contribution in [0.3, 0.4) is 0 Å². The topological polar surface area (TPSA) is 193 Å². The van der Waals surface area contributed by atoms with Crippen molar-refractivity contribution in [2.24, 2.45) is 23.2 Å². The molecule has 2 saturated carbocycles. The number of carbonyl (C=O) groups excluding carboxylic acids is 5. The summed E-state index contributed by atoms with van der Waals surface area (Å²) in [6.45, 7) is 6.24. The number of methoxy groups -OCH3 is 1. The molecule has 4 fully saturated rings. The summed E-state index contributed by atoms with van der Waals surface area (Å²) in [6.07, 6.45) is 7.20. The van der Waals surface area contributed by atoms with Gasteiger partial charge in [0.1, 0.15) is 28.3 Å². The first kappa shape index (κ1) is 41.6. The highest BCUT2D eigenvalue weighted by Gasteiger charge is 2.63. The minimum atomic E-state index is -3.93. The van der Waals surface area contributed by atoms with Gasteiger partial charge in [-0.05, 0) is 62.1 Å². The summed E-state index contributed by atoms with van der Waals surface area (Å²) in [6, 6.07) is 2.25. The molecule has 15 nitrogen and oxygen atoms in total. The van der Waals surface area contributed by atoms with E-state index < -0.39 is 80.3 Å². The van der Waals surface area contributed by atoms with Crippen LogP contribution in [0.5, 0.6) is 5.75 Å². The van der Waals surface area contributed by atoms with E-state index in [9.17, 15) is 36.8 Å². The van der Waals surface area contributed by atoms with E-state index in [-0.39, 0.29) is 55.4 Å². The van der Waals surface area contributed by atoms with Crippen LogP contribution in [0.1, 0.15) is 82.6 Å². The highest BCUT2D eigenvalue weighted by Crippen LogP contribution is 2.47. The largest absolute Gasteiger partial charge is 0.494 e. The predicted octanol–water partition coefficient (Wildman–Crippen LogP) is 4.00. The van der Waals surface area contributed by atoms with E-state index in [4.69, 9.17) is 9.47 Å². The number of rotatable bonds is 8. The summed E-state index contributed by atoms with van der Waals surface area (Å²) in [4.78, 5) is 77.6. The highest BCUT2D eigenvalue weighted by molar-refractivity contribution is 7.91. The molecule has 0 radical (unpaired) electrons. The Bertz CT molecular complexity index is 2100. The Hall–Kier alpha value is -4.58. The third-order valence-corrected chi connectivity index (χ3v) is 14.3. The van der Waals surface area contributed by atoms with Gasteiger partial charge < -0.3 is 29.9 Å². The number of nitrogens with one attached hydrogen (secondary N) is 3. The van der Waals surface area contributed by atoms with Crippen molar-refractivity contribution in [1.29, 1.82) is 0 Å². The predicted molar refractivity (Wildman–Crippen MR) is 211 cm³/mol. The van der Waals surface area contributed by atoms with Crippen molar-refractivity contribution in [3.63, 3.8) is 0 Å². The first-order valence-electron chi connectivity index (χ1n) is 19.9. The molecule has 1 aromatic heterocycles. The van der Waals surface area contributed by atoms with Gasteiger partial charge in [0.15, 0.2) is 11.6 Å². The van der Waals surface area contributed by atoms with Gasteiger partial charge in [-0.1, -0.05) is 45.8 Å². The second-order valence-corrected chi connectivity index (χ2v) is 20.1. The fourth-order valence-corrected chi connectivity index (χ4v) is 10.3. The fraction of sp³-hybridized carbons (Fsp3) is 0.600. The molecule has 2 aliphatic carbocycles. The third-order valence-electron chi connectivity index (χ3n) is 11.5. The fourth-order valence-electron chi connectivity index (χ4n) is 8.17. The molecule has 7 rings (SSSR count). The van der Waals surface area contributed by atoms with E-state index in [1.807, 2.05) is 32.9 Å². The van der Waals surface area contributed by atoms with Gasteiger partial charge in [-0.15, -0.1) is 11.3 Å². The van der Waals surface area contributed by atoms with Crippen LogP contribution in [-0.2, 0) is 29.1 Å². The van der Waals surface area contributed by atoms with Crippen LogP contribution in [0.15, 0.2) is 35.7 Å². The molecule has 3 N–H and O–H groups in total. The third kappa shape index (κ3) is 8.87. The molecular weight excluding hydrogens is 792 g/mol. The molecule has 0 bridgehead atoms. The van der Waals surface area contributed by atoms with Crippen LogP contribution in [0.2, 0.25) is 0 Å². The summed E-state index contributed by atoms with van der Waals surface area (Å²) >= 11 is 1.18. The Balaban J connectivity index is 1.16. The molecule has 0 spiro atoms. The van der Waals surface area contributed by atoms with E-state index in [0.29, 0.717) is 42.7 Å². The van der Waals surface area contributed by atoms with Crippen molar-refractivity contribution in [3.8, 4) is 16.3 Å². The number of hydrogen-bond donors (Lipinski definition) is 3. The zero-order valence-corrected chi connectivity index (χ0v) is 34.8. The Labute approximate surface area is 341 Å². The van der Waals surface area contributed by atoms with Gasteiger partial charge in [-0.3, -0.25) is 23.9 Å². The van der Waals surface area contributed by atoms with Crippen LogP contribution in [0.4, 0.5) is 9.18 Å². The Morgan fingerprint density at radius 3 is 2.57 bits per heavy atom. The number of carbonyl (C=O) groups is 5. The first-order valence-corrected chi connectivity index (χ1v) is 22.3. The monoisotopic (exact) mass is 842 g/mol. The number of thiazole rings is 1. The number of benzene rings is 1. The Morgan fingerprint density at radius 2 is 1.86 bits per heavy atom. The minimum Gasteiger partial charge on any atom is -0.494 e. The number of amides is 5. The van der Waals surface area contributed by atoms with Gasteiger partial charge in [0.25, 0.3) is 11.8 Å². The summed E-state index contributed by atoms with van der Waals surface area (Å²) < 4.78 is 53.0. The normalized spacial score (nSPS) is 28.2. The summed E-state index contributed by atoms with van der Waals surface area (Å²) in [7, 11) is -2.57. The summed E-state index contributed by atoms with van der Waals surface area (Å²) in [5.74, 6) is -4.20. The number of allylic oxidation sites excluding steroid dienone is 1. The zero-order chi connectivity index (χ0) is 41.6. The highest BCUT2D eigenvalue weighted by atomic mass is 32.2. The number of halogens is 1. The maximum Gasteiger partial charge on any atom is 0.407 e. The number of alkyl carbamates (subject to hydrolysis) is 1. The molecule has 5 amide bonds. The lowest BCUT2D eigenvalue weighted by Gasteiger charge is -2.33. The second kappa shape index (κ2) is 16.2. The van der Waals surface area contributed by atoms with Gasteiger partial charge >= 0.3 is 6.09 Å². The molecule has 314 valence electrons. The van der Waals surface area contributed by atoms with Crippen LogP contribution in [-0.4, -0.2) is 109 Å². The second-order valence-electron chi connectivity index (χ2n) is 17.3. The molecule has 3 aliphatic heterocycles. The van der Waals surface area contributed by atoms with Crippen molar-refractivity contribution >= 4 is 51.1 Å². The average molecular weight is 843 g/mol. The number of ether oxygens (including phenoxy) is 2. The molecule has 0 unspecified atom stereocenters. The summed E-state index contributed by atoms with van der Waals surface area (Å²) in [5, 5.41) is 7.02. The van der Waals surface area contributed by atoms with Crippen molar-refractivity contribution in [2.45, 2.75) is 95.0 Å². The molecule has 1 aromatic carbocycles. The average Bonchev–Trinajstić information content (AvgIpc) is 3.99. The maximum atomic E-state index is 14.7. The smallest absolute Gasteiger partial charge is 0.407 e. The standard InChI is InChI=1S/C40H51FN6O9S2/c1-39(2,3)22-56-38(52)43-29-11-9-7-5-6-8-10-25-17-40(25,37(51)45-58(53,54)26-13-14-26)44-33(48)32-27-20-46(18-24(27)19-47(32)36(29)50)35(49)30-21-57-34(42-30)23-12-15-31(55-4)28(41)16-23/h8,10,12,15-16,21,24-27,29,32H,5-7,9,11,13-14,17-20,22H2,1-4H3,(H,43,52)(H,44,48)(H,45,51)/b10-8-/t24-,25+,27-,29-,32-,40-/m0/s1. The molecule has 6 atom stereocenters. The zero-order valence-electron chi connectivity index (χ0n) is 33.1. The van der Waals surface area contributed by atoms with Crippen molar-refractivity contribution in [3.05, 3.63) is 47.2 Å². The van der Waals surface area contributed by atoms with Crippen molar-refractivity contribution < 1.29 is 46.3 Å². The van der Waals surface area contributed by atoms with Crippen molar-refractivity contribution in [1.82, 2.24) is 30.1 Å². The quantitative estimate of drug-likeness (QED) is 0.327. The van der Waals surface area contributed by atoms with E-state index in [1.165, 1.54) is 35.5 Å². The first-order chi connectivity index (χ1) is 27.5. The van der Waals surface area contributed by atoms with E-state index in [0.717, 1.165) is 12.8 Å². The molecule has 2 saturated heterocycles. The molecule has 5 aliphatic rings. The van der Waals surface area contributed by atoms with Gasteiger partial charge in [0.2, 0.25) is 21.8 Å². The molecule has 4 heterocycles. The minimum absolute atomic E-state index is 0.0798. The lowest BCUT2D eigenvalue weighted by molar-refractivity contribution is -0.142. The number of aromatic nitrogens is 1. The summed E-state index contributed by atoms with van der Waals surface area (Å²) in [5.41, 5.74) is -1.25. The van der Waals surface area contributed by atoms with Crippen LogP contribution >= 0.6 is 11.3 Å². The number of fused-ring (bicyclic) bond motifs is 4. The molecular formula is C40H51FN6O9S2. The van der Waals surface area contributed by atoms with Gasteiger partial charge in [-0.2, -0.15) is 0 Å². The van der Waals surface area contributed by atoms with Gasteiger partial charge in [0, 0.05) is 48.3 Å². The van der Waals surface area contributed by atoms with Gasteiger partial charge in [-0.25, -0.2) is 22.6 Å². The lowest BCUT2D eigenvalue weighted by atomic mass is 9.93. The van der Waals surface area contributed by atoms with E-state index in [1.54, 1.807) is 16.3 Å². The van der Waals surface area contributed by atoms with Crippen LogP contribution in [0.25, 0.3) is 10.6 Å². The molecule has 2 aromatic rings. The SMILES string of the molecule is COc1ccc(-c2nc(C(=O)N3C[C@H]4CN5C(=O)[C@@H](NC(=O)OCC(C)(C)C)CCCCC/C=C\[C@@H]6C[C@]6(C(=O)NS(=O)(=O)C6CC6)NC(=O)[C@@H]5[C@H]4C3)cs2)cc1F. The van der Waals surface area contributed by atoms with Gasteiger partial charge in [0.05, 0.1) is 19.0 Å². The number of nitrogens with zero attached hydrogens (tertiary/aromatic N) is 3. The number of likely N-dealkylation sites (tertiary alicyclic amines) is 1. The Morgan fingerprint density at radius 1 is 1.09 bits per heavy atom. The Kier molecular flexibility index (Phi) is 11.6.